The van der Waals surface area contributed by atoms with Gasteiger partial charge in [-0.3, -0.25) is 0 Å². The van der Waals surface area contributed by atoms with Crippen LogP contribution in [-0.4, -0.2) is 20.6 Å². The largest absolute Gasteiger partial charge is 0.388 e. The number of hydrogen-bond donors (Lipinski definition) is 1. The van der Waals surface area contributed by atoms with Gasteiger partial charge in [-0.1, -0.05) is 12.8 Å². The van der Waals surface area contributed by atoms with E-state index in [-0.39, 0.29) is 0 Å². The molecule has 0 aliphatic heterocycles. The molecule has 1 fully saturated rings. The van der Waals surface area contributed by atoms with E-state index in [1.54, 1.807) is 0 Å². The van der Waals surface area contributed by atoms with Crippen LogP contribution in [0.5, 0.6) is 0 Å². The second kappa shape index (κ2) is 5.24. The van der Waals surface area contributed by atoms with Crippen molar-refractivity contribution in [2.45, 2.75) is 25.7 Å². The highest BCUT2D eigenvalue weighted by Gasteiger charge is 2.16. The Morgan fingerprint density at radius 2 is 1.81 bits per heavy atom. The summed E-state index contributed by atoms with van der Waals surface area (Å²) in [6.45, 7) is 1.21. The molecule has 0 saturated heterocycles. The van der Waals surface area contributed by atoms with Gasteiger partial charge in [0, 0.05) is 32.0 Å². The molecule has 1 saturated carbocycles. The van der Waals surface area contributed by atoms with Gasteiger partial charge in [-0.05, 0) is 43.0 Å². The Bertz CT molecular complexity index is 312. The lowest BCUT2D eigenvalue weighted by Gasteiger charge is -2.23. The molecular weight excluding hydrogens is 196 g/mol. The Morgan fingerprint density at radius 1 is 1.19 bits per heavy atom. The van der Waals surface area contributed by atoms with E-state index in [9.17, 15) is 0 Å². The smallest absolute Gasteiger partial charge is 0.0365 e. The Kier molecular flexibility index (Phi) is 3.70. The van der Waals surface area contributed by atoms with Crippen molar-refractivity contribution < 1.29 is 0 Å². The zero-order valence-corrected chi connectivity index (χ0v) is 10.4. The average Bonchev–Trinajstić information content (AvgIpc) is 2.82. The van der Waals surface area contributed by atoms with Crippen LogP contribution in [0, 0.1) is 5.92 Å². The first-order valence-corrected chi connectivity index (χ1v) is 6.28. The van der Waals surface area contributed by atoms with E-state index in [1.807, 2.05) is 7.05 Å². The maximum Gasteiger partial charge on any atom is 0.0365 e. The van der Waals surface area contributed by atoms with Gasteiger partial charge in [-0.2, -0.15) is 0 Å². The number of benzene rings is 1. The second-order valence-electron chi connectivity index (χ2n) is 4.83. The van der Waals surface area contributed by atoms with Crippen molar-refractivity contribution in [1.29, 1.82) is 0 Å². The first kappa shape index (κ1) is 11.3. The molecular formula is C14H22N2. The van der Waals surface area contributed by atoms with Crippen LogP contribution in [0.3, 0.4) is 0 Å². The van der Waals surface area contributed by atoms with Crippen molar-refractivity contribution in [2.75, 3.05) is 30.9 Å². The molecule has 0 unspecified atom stereocenters. The summed E-state index contributed by atoms with van der Waals surface area (Å²) in [4.78, 5) is 2.38. The van der Waals surface area contributed by atoms with Crippen LogP contribution in [0.4, 0.5) is 11.4 Å². The molecule has 0 atom stereocenters. The van der Waals surface area contributed by atoms with Crippen molar-refractivity contribution in [1.82, 2.24) is 0 Å². The molecule has 0 bridgehead atoms. The molecule has 16 heavy (non-hydrogen) atoms. The lowest BCUT2D eigenvalue weighted by Crippen LogP contribution is -2.23. The fourth-order valence-electron chi connectivity index (χ4n) is 2.57. The Labute approximate surface area is 98.7 Å². The summed E-state index contributed by atoms with van der Waals surface area (Å²) in [5, 5.41) is 3.15. The van der Waals surface area contributed by atoms with E-state index in [0.29, 0.717) is 0 Å². The van der Waals surface area contributed by atoms with E-state index < -0.39 is 0 Å². The summed E-state index contributed by atoms with van der Waals surface area (Å²) >= 11 is 0. The molecule has 88 valence electrons. The van der Waals surface area contributed by atoms with Gasteiger partial charge in [0.2, 0.25) is 0 Å². The van der Waals surface area contributed by atoms with Gasteiger partial charge < -0.3 is 10.2 Å². The maximum atomic E-state index is 3.15. The lowest BCUT2D eigenvalue weighted by atomic mass is 10.1. The van der Waals surface area contributed by atoms with E-state index in [0.717, 1.165) is 5.92 Å². The van der Waals surface area contributed by atoms with Crippen LogP contribution >= 0.6 is 0 Å². The van der Waals surface area contributed by atoms with Crippen LogP contribution in [0.1, 0.15) is 25.7 Å². The third-order valence-electron chi connectivity index (χ3n) is 3.60. The Hall–Kier alpha value is -1.18. The van der Waals surface area contributed by atoms with Crippen molar-refractivity contribution in [2.24, 2.45) is 5.92 Å². The number of hydrogen-bond acceptors (Lipinski definition) is 2. The molecule has 1 aromatic carbocycles. The molecule has 1 aliphatic rings. The van der Waals surface area contributed by atoms with Crippen molar-refractivity contribution >= 4 is 11.4 Å². The summed E-state index contributed by atoms with van der Waals surface area (Å²) in [5.74, 6) is 0.911. The molecule has 0 radical (unpaired) electrons. The maximum absolute atomic E-state index is 3.15. The van der Waals surface area contributed by atoms with E-state index >= 15 is 0 Å². The summed E-state index contributed by atoms with van der Waals surface area (Å²) in [7, 11) is 4.16. The quantitative estimate of drug-likeness (QED) is 0.833. The SMILES string of the molecule is CNc1ccc(N(C)CC2CCCC2)cc1. The number of nitrogens with zero attached hydrogens (tertiary/aromatic N) is 1. The van der Waals surface area contributed by atoms with Gasteiger partial charge in [0.15, 0.2) is 0 Å². The third kappa shape index (κ3) is 2.69. The van der Waals surface area contributed by atoms with E-state index in [2.05, 4.69) is 41.5 Å². The lowest BCUT2D eigenvalue weighted by molar-refractivity contribution is 0.547. The highest BCUT2D eigenvalue weighted by molar-refractivity contribution is 5.54. The highest BCUT2D eigenvalue weighted by Crippen LogP contribution is 2.27. The molecule has 0 aromatic heterocycles. The minimum Gasteiger partial charge on any atom is -0.388 e. The Balaban J connectivity index is 1.94. The summed E-state index contributed by atoms with van der Waals surface area (Å²) in [6.07, 6.45) is 5.69. The zero-order valence-electron chi connectivity index (χ0n) is 10.4. The van der Waals surface area contributed by atoms with E-state index in [1.165, 1.54) is 43.6 Å². The summed E-state index contributed by atoms with van der Waals surface area (Å²) in [5.41, 5.74) is 2.50. The van der Waals surface area contributed by atoms with Crippen LogP contribution < -0.4 is 10.2 Å². The molecule has 0 amide bonds. The minimum atomic E-state index is 0.911. The average molecular weight is 218 g/mol. The monoisotopic (exact) mass is 218 g/mol. The number of anilines is 2. The third-order valence-corrected chi connectivity index (χ3v) is 3.60. The van der Waals surface area contributed by atoms with Crippen molar-refractivity contribution in [3.05, 3.63) is 24.3 Å². The van der Waals surface area contributed by atoms with Gasteiger partial charge in [0.1, 0.15) is 0 Å². The van der Waals surface area contributed by atoms with Gasteiger partial charge in [-0.15, -0.1) is 0 Å². The predicted octanol–water partition coefficient (Wildman–Crippen LogP) is 3.35. The zero-order chi connectivity index (χ0) is 11.4. The highest BCUT2D eigenvalue weighted by atomic mass is 15.1. The fourth-order valence-corrected chi connectivity index (χ4v) is 2.57. The van der Waals surface area contributed by atoms with Gasteiger partial charge in [0.25, 0.3) is 0 Å². The normalized spacial score (nSPS) is 16.4. The first-order chi connectivity index (χ1) is 7.79. The summed E-state index contributed by atoms with van der Waals surface area (Å²) < 4.78 is 0. The molecule has 2 rings (SSSR count). The topological polar surface area (TPSA) is 15.3 Å². The summed E-state index contributed by atoms with van der Waals surface area (Å²) in [6, 6.07) is 8.67. The van der Waals surface area contributed by atoms with E-state index in [4.69, 9.17) is 0 Å². The van der Waals surface area contributed by atoms with Crippen molar-refractivity contribution in [3.63, 3.8) is 0 Å². The molecule has 0 heterocycles. The van der Waals surface area contributed by atoms with Gasteiger partial charge >= 0.3 is 0 Å². The molecule has 0 spiro atoms. The fraction of sp³-hybridized carbons (Fsp3) is 0.571. The molecule has 1 aliphatic carbocycles. The number of nitrogens with one attached hydrogen (secondary N) is 1. The predicted molar refractivity (Wildman–Crippen MR) is 71.2 cm³/mol. The second-order valence-corrected chi connectivity index (χ2v) is 4.83. The minimum absolute atomic E-state index is 0.911. The molecule has 1 aromatic rings. The Morgan fingerprint density at radius 3 is 2.38 bits per heavy atom. The molecule has 1 N–H and O–H groups in total. The first-order valence-electron chi connectivity index (χ1n) is 6.28. The van der Waals surface area contributed by atoms with Crippen LogP contribution in [0.25, 0.3) is 0 Å². The number of rotatable bonds is 4. The van der Waals surface area contributed by atoms with Crippen molar-refractivity contribution in [3.8, 4) is 0 Å². The van der Waals surface area contributed by atoms with Crippen LogP contribution in [-0.2, 0) is 0 Å². The van der Waals surface area contributed by atoms with Gasteiger partial charge in [-0.25, -0.2) is 0 Å². The van der Waals surface area contributed by atoms with Gasteiger partial charge in [0.05, 0.1) is 0 Å². The standard InChI is InChI=1S/C14H22N2/c1-15-13-7-9-14(10-8-13)16(2)11-12-5-3-4-6-12/h7-10,12,15H,3-6,11H2,1-2H3. The van der Waals surface area contributed by atoms with Crippen LogP contribution in [0.15, 0.2) is 24.3 Å². The molecule has 2 nitrogen and oxygen atoms in total. The molecule has 2 heteroatoms. The van der Waals surface area contributed by atoms with Crippen LogP contribution in [0.2, 0.25) is 0 Å².